The predicted molar refractivity (Wildman–Crippen MR) is 93.3 cm³/mol. The van der Waals surface area contributed by atoms with Crippen LogP contribution in [0.25, 0.3) is 5.69 Å². The molecule has 2 unspecified atom stereocenters. The number of likely N-dealkylation sites (tertiary alicyclic amines) is 1. The first kappa shape index (κ1) is 18.1. The number of amides is 1. The Labute approximate surface area is 151 Å². The van der Waals surface area contributed by atoms with Gasteiger partial charge in [-0.05, 0) is 32.4 Å². The molecule has 0 spiro atoms. The number of aliphatic carboxylic acids is 1. The summed E-state index contributed by atoms with van der Waals surface area (Å²) < 4.78 is 6.94. The Hall–Kier alpha value is -2.74. The molecule has 1 aromatic heterocycles. The molecule has 3 rings (SSSR count). The van der Waals surface area contributed by atoms with Crippen LogP contribution in [0, 0.1) is 13.8 Å². The second-order valence-corrected chi connectivity index (χ2v) is 6.57. The second-order valence-electron chi connectivity index (χ2n) is 6.57. The summed E-state index contributed by atoms with van der Waals surface area (Å²) in [5.41, 5.74) is 2.80. The molecule has 0 bridgehead atoms. The molecule has 138 valence electrons. The van der Waals surface area contributed by atoms with Crippen LogP contribution in [-0.4, -0.2) is 62.7 Å². The molecule has 1 amide bonds. The summed E-state index contributed by atoms with van der Waals surface area (Å²) >= 11 is 0. The fraction of sp³-hybridized carbons (Fsp3) is 0.444. The van der Waals surface area contributed by atoms with E-state index in [0.29, 0.717) is 18.7 Å². The summed E-state index contributed by atoms with van der Waals surface area (Å²) in [7, 11) is 1.56. The zero-order chi connectivity index (χ0) is 18.8. The highest BCUT2D eigenvalue weighted by Gasteiger charge is 2.38. The van der Waals surface area contributed by atoms with E-state index in [4.69, 9.17) is 9.84 Å². The van der Waals surface area contributed by atoms with E-state index in [2.05, 4.69) is 10.3 Å². The SMILES string of the molecule is COC1CC(CC(=O)O)N(C(=O)c2nnn(-c3ccc(C)cc3)c2C)C1. The lowest BCUT2D eigenvalue weighted by molar-refractivity contribution is -0.138. The fourth-order valence-corrected chi connectivity index (χ4v) is 3.28. The third-order valence-electron chi connectivity index (χ3n) is 4.76. The molecular weight excluding hydrogens is 336 g/mol. The number of nitrogens with zero attached hydrogens (tertiary/aromatic N) is 4. The minimum Gasteiger partial charge on any atom is -0.481 e. The van der Waals surface area contributed by atoms with Crippen molar-refractivity contribution < 1.29 is 19.4 Å². The molecule has 8 nitrogen and oxygen atoms in total. The first-order chi connectivity index (χ1) is 12.4. The molecule has 1 aromatic carbocycles. The standard InChI is InChI=1S/C18H22N4O4/c1-11-4-6-13(7-5-11)22-12(2)17(19-20-22)18(25)21-10-15(26-3)8-14(21)9-16(23)24/h4-7,14-15H,8-10H2,1-3H3,(H,23,24). The summed E-state index contributed by atoms with van der Waals surface area (Å²) in [6.45, 7) is 4.13. The Balaban J connectivity index is 1.87. The lowest BCUT2D eigenvalue weighted by atomic mass is 10.1. The number of carboxylic acid groups (broad SMARTS) is 1. The Kier molecular flexibility index (Phi) is 5.03. The van der Waals surface area contributed by atoms with Gasteiger partial charge in [0.2, 0.25) is 0 Å². The first-order valence-electron chi connectivity index (χ1n) is 8.45. The number of carbonyl (C=O) groups excluding carboxylic acids is 1. The number of carboxylic acids is 1. The van der Waals surface area contributed by atoms with E-state index < -0.39 is 12.0 Å². The molecule has 1 saturated heterocycles. The highest BCUT2D eigenvalue weighted by atomic mass is 16.5. The zero-order valence-corrected chi connectivity index (χ0v) is 15.0. The topological polar surface area (TPSA) is 97.6 Å². The van der Waals surface area contributed by atoms with Gasteiger partial charge in [-0.1, -0.05) is 22.9 Å². The van der Waals surface area contributed by atoms with Crippen molar-refractivity contribution >= 4 is 11.9 Å². The predicted octanol–water partition coefficient (Wildman–Crippen LogP) is 1.59. The maximum absolute atomic E-state index is 13.0. The van der Waals surface area contributed by atoms with Gasteiger partial charge in [0.15, 0.2) is 5.69 Å². The van der Waals surface area contributed by atoms with E-state index in [1.807, 2.05) is 31.2 Å². The van der Waals surface area contributed by atoms with Crippen molar-refractivity contribution in [3.8, 4) is 5.69 Å². The van der Waals surface area contributed by atoms with Gasteiger partial charge in [0.25, 0.3) is 5.91 Å². The van der Waals surface area contributed by atoms with Crippen molar-refractivity contribution in [3.05, 3.63) is 41.2 Å². The number of ether oxygens (including phenoxy) is 1. The number of benzene rings is 1. The Bertz CT molecular complexity index is 815. The van der Waals surface area contributed by atoms with Crippen LogP contribution in [0.2, 0.25) is 0 Å². The average Bonchev–Trinajstić information content (AvgIpc) is 3.18. The number of methoxy groups -OCH3 is 1. The van der Waals surface area contributed by atoms with Gasteiger partial charge < -0.3 is 14.7 Å². The van der Waals surface area contributed by atoms with Crippen molar-refractivity contribution in [2.24, 2.45) is 0 Å². The lowest BCUT2D eigenvalue weighted by Gasteiger charge is -2.22. The lowest BCUT2D eigenvalue weighted by Crippen LogP contribution is -2.38. The number of hydrogen-bond donors (Lipinski definition) is 1. The van der Waals surface area contributed by atoms with Crippen molar-refractivity contribution in [1.29, 1.82) is 0 Å². The molecule has 2 atom stereocenters. The molecule has 0 radical (unpaired) electrons. The van der Waals surface area contributed by atoms with Crippen LogP contribution in [0.3, 0.4) is 0 Å². The Morgan fingerprint density at radius 3 is 2.58 bits per heavy atom. The van der Waals surface area contributed by atoms with E-state index >= 15 is 0 Å². The van der Waals surface area contributed by atoms with E-state index in [1.54, 1.807) is 23.6 Å². The van der Waals surface area contributed by atoms with Crippen molar-refractivity contribution in [2.45, 2.75) is 38.8 Å². The second kappa shape index (κ2) is 7.25. The van der Waals surface area contributed by atoms with Crippen LogP contribution in [0.5, 0.6) is 0 Å². The van der Waals surface area contributed by atoms with Gasteiger partial charge in [-0.3, -0.25) is 9.59 Å². The maximum Gasteiger partial charge on any atom is 0.305 e. The van der Waals surface area contributed by atoms with Crippen molar-refractivity contribution in [2.75, 3.05) is 13.7 Å². The number of carbonyl (C=O) groups is 2. The maximum atomic E-state index is 13.0. The third-order valence-corrected chi connectivity index (χ3v) is 4.76. The normalized spacial score (nSPS) is 19.7. The van der Waals surface area contributed by atoms with Crippen LogP contribution in [0.4, 0.5) is 0 Å². The summed E-state index contributed by atoms with van der Waals surface area (Å²) in [5, 5.41) is 17.3. The quantitative estimate of drug-likeness (QED) is 0.872. The molecule has 1 fully saturated rings. The third kappa shape index (κ3) is 3.45. The van der Waals surface area contributed by atoms with E-state index in [0.717, 1.165) is 11.3 Å². The molecule has 1 N–H and O–H groups in total. The Morgan fingerprint density at radius 1 is 1.27 bits per heavy atom. The van der Waals surface area contributed by atoms with Gasteiger partial charge >= 0.3 is 5.97 Å². The van der Waals surface area contributed by atoms with Crippen molar-refractivity contribution in [1.82, 2.24) is 19.9 Å². The molecule has 0 aliphatic carbocycles. The molecule has 1 aliphatic heterocycles. The molecule has 0 saturated carbocycles. The van der Waals surface area contributed by atoms with Crippen LogP contribution in [0.15, 0.2) is 24.3 Å². The summed E-state index contributed by atoms with van der Waals surface area (Å²) in [4.78, 5) is 25.6. The summed E-state index contributed by atoms with van der Waals surface area (Å²) in [5.74, 6) is -1.25. The van der Waals surface area contributed by atoms with Crippen LogP contribution in [-0.2, 0) is 9.53 Å². The average molecular weight is 358 g/mol. The van der Waals surface area contributed by atoms with E-state index in [-0.39, 0.29) is 24.1 Å². The van der Waals surface area contributed by atoms with Gasteiger partial charge in [0, 0.05) is 19.7 Å². The molecule has 2 heterocycles. The molecular formula is C18H22N4O4. The number of rotatable bonds is 5. The fourth-order valence-electron chi connectivity index (χ4n) is 3.28. The minimum absolute atomic E-state index is 0.114. The van der Waals surface area contributed by atoms with Crippen LogP contribution >= 0.6 is 0 Å². The molecule has 26 heavy (non-hydrogen) atoms. The monoisotopic (exact) mass is 358 g/mol. The number of aryl methyl sites for hydroxylation is 1. The van der Waals surface area contributed by atoms with E-state index in [1.165, 1.54) is 0 Å². The van der Waals surface area contributed by atoms with Gasteiger partial charge in [-0.25, -0.2) is 4.68 Å². The van der Waals surface area contributed by atoms with Gasteiger partial charge in [0.1, 0.15) is 0 Å². The molecule has 2 aromatic rings. The highest BCUT2D eigenvalue weighted by molar-refractivity contribution is 5.94. The first-order valence-corrected chi connectivity index (χ1v) is 8.45. The largest absolute Gasteiger partial charge is 0.481 e. The van der Waals surface area contributed by atoms with Gasteiger partial charge in [-0.2, -0.15) is 0 Å². The van der Waals surface area contributed by atoms with Crippen LogP contribution in [0.1, 0.15) is 34.6 Å². The van der Waals surface area contributed by atoms with Crippen molar-refractivity contribution in [3.63, 3.8) is 0 Å². The molecule has 1 aliphatic rings. The number of hydrogen-bond acceptors (Lipinski definition) is 5. The minimum atomic E-state index is -0.940. The van der Waals surface area contributed by atoms with Gasteiger partial charge in [0.05, 0.1) is 23.9 Å². The summed E-state index contributed by atoms with van der Waals surface area (Å²) in [6.07, 6.45) is 0.215. The summed E-state index contributed by atoms with van der Waals surface area (Å²) in [6, 6.07) is 7.34. The zero-order valence-electron chi connectivity index (χ0n) is 15.0. The number of aromatic nitrogens is 3. The van der Waals surface area contributed by atoms with Gasteiger partial charge in [-0.15, -0.1) is 5.10 Å². The van der Waals surface area contributed by atoms with Crippen LogP contribution < -0.4 is 0 Å². The highest BCUT2D eigenvalue weighted by Crippen LogP contribution is 2.25. The Morgan fingerprint density at radius 2 is 1.96 bits per heavy atom. The molecule has 8 heteroatoms. The van der Waals surface area contributed by atoms with E-state index in [9.17, 15) is 9.59 Å². The smallest absolute Gasteiger partial charge is 0.305 e.